The normalized spacial score (nSPS) is 23.8. The molecule has 0 radical (unpaired) electrons. The Morgan fingerprint density at radius 3 is 3.06 bits per heavy atom. The van der Waals surface area contributed by atoms with Gasteiger partial charge in [0.15, 0.2) is 0 Å². The van der Waals surface area contributed by atoms with Crippen LogP contribution < -0.4 is 0 Å². The van der Waals surface area contributed by atoms with Crippen molar-refractivity contribution in [2.45, 2.75) is 32.8 Å². The van der Waals surface area contributed by atoms with Crippen molar-refractivity contribution in [2.75, 3.05) is 19.6 Å². The molecule has 3 nitrogen and oxygen atoms in total. The number of thiazole rings is 1. The average molecular weight is 240 g/mol. The maximum atomic E-state index is 9.53. The van der Waals surface area contributed by atoms with Crippen LogP contribution in [0.3, 0.4) is 0 Å². The number of hydrogen-bond donors (Lipinski definition) is 1. The second kappa shape index (κ2) is 5.25. The summed E-state index contributed by atoms with van der Waals surface area (Å²) >= 11 is 1.75. The van der Waals surface area contributed by atoms with Gasteiger partial charge in [-0.05, 0) is 39.2 Å². The maximum absolute atomic E-state index is 9.53. The van der Waals surface area contributed by atoms with Crippen LogP contribution in [0.5, 0.6) is 0 Å². The summed E-state index contributed by atoms with van der Waals surface area (Å²) in [5.74, 6) is 0.475. The molecule has 1 aromatic rings. The van der Waals surface area contributed by atoms with Crippen molar-refractivity contribution < 1.29 is 5.11 Å². The number of aliphatic hydroxyl groups is 1. The molecule has 0 aromatic carbocycles. The van der Waals surface area contributed by atoms with Crippen LogP contribution in [-0.2, 0) is 6.42 Å². The topological polar surface area (TPSA) is 36.4 Å². The van der Waals surface area contributed by atoms with Crippen molar-refractivity contribution in [1.82, 2.24) is 9.88 Å². The first-order valence-electron chi connectivity index (χ1n) is 5.96. The van der Waals surface area contributed by atoms with Crippen molar-refractivity contribution in [3.05, 3.63) is 16.1 Å². The molecule has 1 aliphatic rings. The zero-order valence-corrected chi connectivity index (χ0v) is 10.8. The highest BCUT2D eigenvalue weighted by Crippen LogP contribution is 2.20. The summed E-state index contributed by atoms with van der Waals surface area (Å²) in [5, 5.41) is 9.53. The maximum Gasteiger partial charge on any atom is 0.0797 e. The molecule has 2 unspecified atom stereocenters. The third kappa shape index (κ3) is 2.81. The van der Waals surface area contributed by atoms with Gasteiger partial charge in [-0.15, -0.1) is 11.3 Å². The molecule has 1 fully saturated rings. The third-order valence-electron chi connectivity index (χ3n) is 3.49. The standard InChI is InChI=1S/C12H20N2OS/c1-9-12(16-8-13-9)4-6-14-5-3-11(7-14)10(2)15/h8,10-11,15H,3-7H2,1-2H3. The van der Waals surface area contributed by atoms with Crippen LogP contribution in [0.25, 0.3) is 0 Å². The van der Waals surface area contributed by atoms with Gasteiger partial charge in [-0.1, -0.05) is 0 Å². The number of aliphatic hydroxyl groups excluding tert-OH is 1. The Kier molecular flexibility index (Phi) is 3.95. The zero-order valence-electron chi connectivity index (χ0n) is 10.0. The van der Waals surface area contributed by atoms with Crippen LogP contribution in [0, 0.1) is 12.8 Å². The van der Waals surface area contributed by atoms with E-state index in [2.05, 4.69) is 16.8 Å². The molecule has 90 valence electrons. The van der Waals surface area contributed by atoms with Crippen molar-refractivity contribution >= 4 is 11.3 Å². The fourth-order valence-electron chi connectivity index (χ4n) is 2.29. The highest BCUT2D eigenvalue weighted by Gasteiger charge is 2.25. The van der Waals surface area contributed by atoms with Crippen LogP contribution in [0.2, 0.25) is 0 Å². The number of aryl methyl sites for hydroxylation is 1. The van der Waals surface area contributed by atoms with E-state index in [1.807, 2.05) is 12.4 Å². The van der Waals surface area contributed by atoms with Gasteiger partial charge >= 0.3 is 0 Å². The Morgan fingerprint density at radius 1 is 1.69 bits per heavy atom. The van der Waals surface area contributed by atoms with Gasteiger partial charge in [-0.25, -0.2) is 4.98 Å². The molecule has 1 aliphatic heterocycles. The van der Waals surface area contributed by atoms with Gasteiger partial charge in [-0.2, -0.15) is 0 Å². The predicted molar refractivity (Wildman–Crippen MR) is 66.8 cm³/mol. The van der Waals surface area contributed by atoms with E-state index in [0.29, 0.717) is 5.92 Å². The quantitative estimate of drug-likeness (QED) is 0.870. The summed E-state index contributed by atoms with van der Waals surface area (Å²) < 4.78 is 0. The molecule has 4 heteroatoms. The summed E-state index contributed by atoms with van der Waals surface area (Å²) in [6.45, 7) is 7.27. The molecule has 16 heavy (non-hydrogen) atoms. The van der Waals surface area contributed by atoms with Gasteiger partial charge in [0.05, 0.1) is 17.3 Å². The van der Waals surface area contributed by atoms with Crippen molar-refractivity contribution in [3.8, 4) is 0 Å². The van der Waals surface area contributed by atoms with Gasteiger partial charge in [0, 0.05) is 18.0 Å². The Bertz CT molecular complexity index is 338. The molecule has 0 bridgehead atoms. The summed E-state index contributed by atoms with van der Waals surface area (Å²) in [4.78, 5) is 8.12. The Hall–Kier alpha value is -0.450. The van der Waals surface area contributed by atoms with E-state index < -0.39 is 0 Å². The van der Waals surface area contributed by atoms with E-state index >= 15 is 0 Å². The average Bonchev–Trinajstić information content (AvgIpc) is 2.83. The van der Waals surface area contributed by atoms with Gasteiger partial charge in [0.1, 0.15) is 0 Å². The van der Waals surface area contributed by atoms with Crippen LogP contribution in [-0.4, -0.2) is 40.7 Å². The molecular weight excluding hydrogens is 220 g/mol. The zero-order chi connectivity index (χ0) is 11.5. The lowest BCUT2D eigenvalue weighted by molar-refractivity contribution is 0.128. The molecule has 0 aliphatic carbocycles. The highest BCUT2D eigenvalue weighted by atomic mass is 32.1. The van der Waals surface area contributed by atoms with E-state index in [1.54, 1.807) is 11.3 Å². The van der Waals surface area contributed by atoms with Crippen LogP contribution in [0.4, 0.5) is 0 Å². The van der Waals surface area contributed by atoms with E-state index in [9.17, 15) is 5.11 Å². The number of hydrogen-bond acceptors (Lipinski definition) is 4. The molecule has 0 saturated carbocycles. The fourth-order valence-corrected chi connectivity index (χ4v) is 3.06. The van der Waals surface area contributed by atoms with Crippen LogP contribution in [0.1, 0.15) is 23.9 Å². The number of aromatic nitrogens is 1. The second-order valence-electron chi connectivity index (χ2n) is 4.70. The van der Waals surface area contributed by atoms with E-state index in [-0.39, 0.29) is 6.10 Å². The summed E-state index contributed by atoms with van der Waals surface area (Å²) in [6, 6.07) is 0. The molecule has 2 heterocycles. The second-order valence-corrected chi connectivity index (χ2v) is 5.64. The summed E-state index contributed by atoms with van der Waals surface area (Å²) in [7, 11) is 0. The monoisotopic (exact) mass is 240 g/mol. The molecule has 1 saturated heterocycles. The number of likely N-dealkylation sites (tertiary alicyclic amines) is 1. The van der Waals surface area contributed by atoms with Gasteiger partial charge < -0.3 is 10.0 Å². The first-order chi connectivity index (χ1) is 7.66. The largest absolute Gasteiger partial charge is 0.393 e. The minimum atomic E-state index is -0.157. The number of rotatable bonds is 4. The van der Waals surface area contributed by atoms with Crippen LogP contribution >= 0.6 is 11.3 Å². The lowest BCUT2D eigenvalue weighted by Crippen LogP contribution is -2.26. The molecule has 2 rings (SSSR count). The predicted octanol–water partition coefficient (Wildman–Crippen LogP) is 1.70. The van der Waals surface area contributed by atoms with Gasteiger partial charge in [0.25, 0.3) is 0 Å². The first-order valence-corrected chi connectivity index (χ1v) is 6.84. The Morgan fingerprint density at radius 2 is 2.50 bits per heavy atom. The number of nitrogens with zero attached hydrogens (tertiary/aromatic N) is 2. The minimum absolute atomic E-state index is 0.157. The smallest absolute Gasteiger partial charge is 0.0797 e. The minimum Gasteiger partial charge on any atom is -0.393 e. The van der Waals surface area contributed by atoms with Gasteiger partial charge in [0.2, 0.25) is 0 Å². The Balaban J connectivity index is 1.78. The van der Waals surface area contributed by atoms with Crippen molar-refractivity contribution in [1.29, 1.82) is 0 Å². The molecule has 0 amide bonds. The van der Waals surface area contributed by atoms with Crippen molar-refractivity contribution in [3.63, 3.8) is 0 Å². The molecule has 0 spiro atoms. The van der Waals surface area contributed by atoms with Crippen LogP contribution in [0.15, 0.2) is 5.51 Å². The molecule has 1 aromatic heterocycles. The molecule has 2 atom stereocenters. The lowest BCUT2D eigenvalue weighted by atomic mass is 10.0. The van der Waals surface area contributed by atoms with Crippen molar-refractivity contribution in [2.24, 2.45) is 5.92 Å². The lowest BCUT2D eigenvalue weighted by Gasteiger charge is -2.16. The fraction of sp³-hybridized carbons (Fsp3) is 0.750. The highest BCUT2D eigenvalue weighted by molar-refractivity contribution is 7.09. The van der Waals surface area contributed by atoms with E-state index in [1.165, 1.54) is 10.6 Å². The third-order valence-corrected chi connectivity index (χ3v) is 4.49. The molecule has 1 N–H and O–H groups in total. The summed E-state index contributed by atoms with van der Waals surface area (Å²) in [6.07, 6.45) is 2.08. The molecular formula is C12H20N2OS. The van der Waals surface area contributed by atoms with E-state index in [4.69, 9.17) is 0 Å². The SMILES string of the molecule is Cc1ncsc1CCN1CCC(C(C)O)C1. The Labute approximate surface area is 101 Å². The first kappa shape index (κ1) is 12.0. The van der Waals surface area contributed by atoms with E-state index in [0.717, 1.165) is 32.5 Å². The summed E-state index contributed by atoms with van der Waals surface area (Å²) in [5.41, 5.74) is 3.10. The van der Waals surface area contributed by atoms with Gasteiger partial charge in [-0.3, -0.25) is 0 Å².